The van der Waals surface area contributed by atoms with Gasteiger partial charge in [-0.3, -0.25) is 4.79 Å². The maximum atomic E-state index is 12.5. The minimum atomic E-state index is -0.175. The third kappa shape index (κ3) is 5.78. The highest BCUT2D eigenvalue weighted by molar-refractivity contribution is 5.89. The summed E-state index contributed by atoms with van der Waals surface area (Å²) in [7, 11) is 0. The van der Waals surface area contributed by atoms with Gasteiger partial charge in [-0.25, -0.2) is 0 Å². The summed E-state index contributed by atoms with van der Waals surface area (Å²) in [5.41, 5.74) is 2.25. The second-order valence-corrected chi connectivity index (χ2v) is 7.07. The second kappa shape index (κ2) is 10.8. The van der Waals surface area contributed by atoms with Gasteiger partial charge < -0.3 is 14.4 Å². The molecule has 2 aromatic carbocycles. The summed E-state index contributed by atoms with van der Waals surface area (Å²) in [6, 6.07) is 20.1. The number of amides is 1. The van der Waals surface area contributed by atoms with Crippen molar-refractivity contribution < 1.29 is 14.3 Å². The van der Waals surface area contributed by atoms with Crippen LogP contribution in [0.15, 0.2) is 72.8 Å². The van der Waals surface area contributed by atoms with Crippen molar-refractivity contribution in [1.82, 2.24) is 4.90 Å². The van der Waals surface area contributed by atoms with Gasteiger partial charge in [-0.15, -0.1) is 0 Å². The van der Waals surface area contributed by atoms with Gasteiger partial charge in [-0.05, 0) is 23.6 Å². The van der Waals surface area contributed by atoms with E-state index < -0.39 is 0 Å². The molecular formula is C24H29NO3. The third-order valence-electron chi connectivity index (χ3n) is 4.93. The maximum absolute atomic E-state index is 12.5. The maximum Gasteiger partial charge on any atom is 0.246 e. The molecule has 0 unspecified atom stereocenters. The summed E-state index contributed by atoms with van der Waals surface area (Å²) >= 11 is 0. The zero-order valence-electron chi connectivity index (χ0n) is 16.5. The van der Waals surface area contributed by atoms with E-state index in [0.29, 0.717) is 19.8 Å². The van der Waals surface area contributed by atoms with Crippen molar-refractivity contribution in [2.24, 2.45) is 0 Å². The van der Waals surface area contributed by atoms with Gasteiger partial charge in [0.1, 0.15) is 0 Å². The quantitative estimate of drug-likeness (QED) is 0.616. The van der Waals surface area contributed by atoms with E-state index in [0.717, 1.165) is 30.5 Å². The fraction of sp³-hybridized carbons (Fsp3) is 0.375. The molecule has 0 saturated carbocycles. The van der Waals surface area contributed by atoms with E-state index in [4.69, 9.17) is 9.47 Å². The lowest BCUT2D eigenvalue weighted by atomic mass is 10.0. The van der Waals surface area contributed by atoms with E-state index in [-0.39, 0.29) is 18.1 Å². The molecule has 0 N–H and O–H groups in total. The first-order valence-corrected chi connectivity index (χ1v) is 10.0. The molecule has 4 nitrogen and oxygen atoms in total. The monoisotopic (exact) mass is 379 g/mol. The van der Waals surface area contributed by atoms with Crippen molar-refractivity contribution in [2.75, 3.05) is 13.2 Å². The molecule has 2 atom stereocenters. The van der Waals surface area contributed by atoms with Crippen LogP contribution in [0.4, 0.5) is 0 Å². The topological polar surface area (TPSA) is 38.8 Å². The number of carbonyl (C=O) groups is 1. The summed E-state index contributed by atoms with van der Waals surface area (Å²) in [5.74, 6) is 0.0429. The van der Waals surface area contributed by atoms with Gasteiger partial charge in [0, 0.05) is 12.6 Å². The first-order valence-electron chi connectivity index (χ1n) is 10.0. The van der Waals surface area contributed by atoms with Crippen LogP contribution in [0.3, 0.4) is 0 Å². The SMILES string of the molecule is CCCCN1C(=O)C=C[C@H](OCc2ccccc2)[C@H]1COCc1ccccc1. The van der Waals surface area contributed by atoms with Crippen molar-refractivity contribution in [3.8, 4) is 0 Å². The van der Waals surface area contributed by atoms with Crippen molar-refractivity contribution in [3.63, 3.8) is 0 Å². The van der Waals surface area contributed by atoms with E-state index in [1.165, 1.54) is 0 Å². The molecule has 0 aromatic heterocycles. The Labute approximate surface area is 167 Å². The Bertz CT molecular complexity index is 745. The summed E-state index contributed by atoms with van der Waals surface area (Å²) in [6.07, 6.45) is 5.36. The number of nitrogens with zero attached hydrogens (tertiary/aromatic N) is 1. The molecule has 1 aliphatic heterocycles. The largest absolute Gasteiger partial charge is 0.375 e. The lowest BCUT2D eigenvalue weighted by Crippen LogP contribution is -2.52. The molecule has 3 rings (SSSR count). The molecule has 1 aliphatic rings. The summed E-state index contributed by atoms with van der Waals surface area (Å²) in [5, 5.41) is 0. The Morgan fingerprint density at radius 2 is 1.57 bits per heavy atom. The number of rotatable bonds is 10. The number of hydrogen-bond donors (Lipinski definition) is 0. The highest BCUT2D eigenvalue weighted by Gasteiger charge is 2.33. The number of hydrogen-bond acceptors (Lipinski definition) is 3. The Balaban J connectivity index is 1.65. The fourth-order valence-electron chi connectivity index (χ4n) is 3.34. The molecule has 0 aliphatic carbocycles. The summed E-state index contributed by atoms with van der Waals surface area (Å²) in [6.45, 7) is 4.36. The van der Waals surface area contributed by atoms with Crippen LogP contribution in [-0.2, 0) is 27.5 Å². The van der Waals surface area contributed by atoms with Gasteiger partial charge in [-0.2, -0.15) is 0 Å². The molecule has 1 heterocycles. The zero-order valence-corrected chi connectivity index (χ0v) is 16.5. The fourth-order valence-corrected chi connectivity index (χ4v) is 3.34. The minimum absolute atomic E-state index is 0.0429. The Morgan fingerprint density at radius 1 is 0.929 bits per heavy atom. The molecule has 148 valence electrons. The minimum Gasteiger partial charge on any atom is -0.375 e. The highest BCUT2D eigenvalue weighted by atomic mass is 16.5. The van der Waals surface area contributed by atoms with E-state index in [1.807, 2.05) is 71.6 Å². The van der Waals surface area contributed by atoms with Crippen molar-refractivity contribution >= 4 is 5.91 Å². The van der Waals surface area contributed by atoms with Crippen LogP contribution in [0.5, 0.6) is 0 Å². The molecule has 0 spiro atoms. The highest BCUT2D eigenvalue weighted by Crippen LogP contribution is 2.20. The van der Waals surface area contributed by atoms with E-state index in [1.54, 1.807) is 6.08 Å². The normalized spacial score (nSPS) is 19.2. The van der Waals surface area contributed by atoms with Crippen LogP contribution in [0.25, 0.3) is 0 Å². The van der Waals surface area contributed by atoms with Crippen LogP contribution in [-0.4, -0.2) is 36.1 Å². The van der Waals surface area contributed by atoms with Gasteiger partial charge >= 0.3 is 0 Å². The van der Waals surface area contributed by atoms with E-state index >= 15 is 0 Å². The Morgan fingerprint density at radius 3 is 2.21 bits per heavy atom. The average Bonchev–Trinajstić information content (AvgIpc) is 2.74. The Hall–Kier alpha value is -2.43. The molecule has 0 saturated heterocycles. The number of ether oxygens (including phenoxy) is 2. The first-order chi connectivity index (χ1) is 13.8. The number of benzene rings is 2. The molecule has 0 radical (unpaired) electrons. The predicted molar refractivity (Wildman–Crippen MR) is 111 cm³/mol. The average molecular weight is 380 g/mol. The molecule has 2 aromatic rings. The molecule has 0 bridgehead atoms. The van der Waals surface area contributed by atoms with Gasteiger partial charge in [0.15, 0.2) is 0 Å². The van der Waals surface area contributed by atoms with Crippen molar-refractivity contribution in [3.05, 3.63) is 83.9 Å². The van der Waals surface area contributed by atoms with Crippen LogP contribution < -0.4 is 0 Å². The molecule has 1 amide bonds. The van der Waals surface area contributed by atoms with Crippen LogP contribution >= 0.6 is 0 Å². The molecule has 0 fully saturated rings. The molecule has 4 heteroatoms. The Kier molecular flexibility index (Phi) is 7.82. The van der Waals surface area contributed by atoms with Gasteiger partial charge in [-0.1, -0.05) is 74.0 Å². The van der Waals surface area contributed by atoms with E-state index in [2.05, 4.69) is 6.92 Å². The van der Waals surface area contributed by atoms with Crippen molar-refractivity contribution in [2.45, 2.75) is 45.1 Å². The van der Waals surface area contributed by atoms with Crippen molar-refractivity contribution in [1.29, 1.82) is 0 Å². The van der Waals surface area contributed by atoms with Gasteiger partial charge in [0.05, 0.1) is 32.0 Å². The molecular weight excluding hydrogens is 350 g/mol. The van der Waals surface area contributed by atoms with Gasteiger partial charge in [0.2, 0.25) is 5.91 Å². The van der Waals surface area contributed by atoms with Gasteiger partial charge in [0.25, 0.3) is 0 Å². The predicted octanol–water partition coefficient (Wildman–Crippen LogP) is 4.36. The lowest BCUT2D eigenvalue weighted by molar-refractivity contribution is -0.136. The van der Waals surface area contributed by atoms with Crippen LogP contribution in [0, 0.1) is 0 Å². The first kappa shape index (κ1) is 20.3. The molecule has 28 heavy (non-hydrogen) atoms. The summed E-state index contributed by atoms with van der Waals surface area (Å²) < 4.78 is 12.2. The van der Waals surface area contributed by atoms with E-state index in [9.17, 15) is 4.79 Å². The number of carbonyl (C=O) groups excluding carboxylic acids is 1. The lowest BCUT2D eigenvalue weighted by Gasteiger charge is -2.38. The smallest absolute Gasteiger partial charge is 0.246 e. The zero-order chi connectivity index (χ0) is 19.6. The second-order valence-electron chi connectivity index (χ2n) is 7.07. The summed E-state index contributed by atoms with van der Waals surface area (Å²) in [4.78, 5) is 14.4. The van der Waals surface area contributed by atoms with Crippen LogP contribution in [0.2, 0.25) is 0 Å². The van der Waals surface area contributed by atoms with Crippen LogP contribution in [0.1, 0.15) is 30.9 Å². The number of unbranched alkanes of at least 4 members (excludes halogenated alkanes) is 1. The standard InChI is InChI=1S/C24H29NO3/c1-2-3-16-25-22(19-27-17-20-10-6-4-7-11-20)23(14-15-24(25)26)28-18-21-12-8-5-9-13-21/h4-15,22-23H,2-3,16-19H2,1H3/t22-,23+/m1/s1. The third-order valence-corrected chi connectivity index (χ3v) is 4.93.